The van der Waals surface area contributed by atoms with E-state index in [4.69, 9.17) is 4.74 Å². The first kappa shape index (κ1) is 14.2. The summed E-state index contributed by atoms with van der Waals surface area (Å²) < 4.78 is 30.9. The first-order valence-corrected chi connectivity index (χ1v) is 8.59. The maximum atomic E-state index is 11.8. The Morgan fingerprint density at radius 2 is 2.00 bits per heavy atom. The predicted octanol–water partition coefficient (Wildman–Crippen LogP) is 0.571. The Balaban J connectivity index is 1.62. The predicted molar refractivity (Wildman–Crippen MR) is 71.1 cm³/mol. The fraction of sp³-hybridized carbons (Fsp3) is 1.00. The molecule has 2 fully saturated rings. The molecule has 1 N–H and O–H groups in total. The second-order valence-corrected chi connectivity index (χ2v) is 7.18. The highest BCUT2D eigenvalue weighted by atomic mass is 32.2. The molecule has 0 spiro atoms. The number of piperidine rings is 1. The Hall–Kier alpha value is -0.170. The summed E-state index contributed by atoms with van der Waals surface area (Å²) >= 11 is 0. The monoisotopic (exact) mass is 276 g/mol. The molecular formula is C12H24N2O3S. The number of ether oxygens (including phenoxy) is 1. The van der Waals surface area contributed by atoms with Gasteiger partial charge in [-0.2, -0.15) is 0 Å². The van der Waals surface area contributed by atoms with Crippen molar-refractivity contribution in [3.63, 3.8) is 0 Å². The van der Waals surface area contributed by atoms with Gasteiger partial charge in [0.1, 0.15) is 0 Å². The SMILES string of the molecule is O=S1(=O)CCCCN1CCCOC1CCNCC1. The molecule has 0 unspecified atom stereocenters. The molecule has 5 nitrogen and oxygen atoms in total. The Morgan fingerprint density at radius 1 is 1.22 bits per heavy atom. The van der Waals surface area contributed by atoms with Gasteiger partial charge in [-0.1, -0.05) is 0 Å². The van der Waals surface area contributed by atoms with Crippen molar-refractivity contribution in [3.05, 3.63) is 0 Å². The van der Waals surface area contributed by atoms with E-state index in [1.807, 2.05) is 0 Å². The molecule has 0 saturated carbocycles. The van der Waals surface area contributed by atoms with Crippen LogP contribution in [0, 0.1) is 0 Å². The van der Waals surface area contributed by atoms with Gasteiger partial charge in [0, 0.05) is 19.7 Å². The summed E-state index contributed by atoms with van der Waals surface area (Å²) in [5.74, 6) is 0.322. The summed E-state index contributed by atoms with van der Waals surface area (Å²) in [5, 5.41) is 3.30. The van der Waals surface area contributed by atoms with Crippen LogP contribution in [0.15, 0.2) is 0 Å². The Kier molecular flexibility index (Phi) is 5.41. The van der Waals surface area contributed by atoms with E-state index in [9.17, 15) is 8.42 Å². The van der Waals surface area contributed by atoms with E-state index < -0.39 is 10.0 Å². The van der Waals surface area contributed by atoms with Crippen molar-refractivity contribution < 1.29 is 13.2 Å². The number of hydrogen-bond donors (Lipinski definition) is 1. The maximum Gasteiger partial charge on any atom is 0.214 e. The van der Waals surface area contributed by atoms with Crippen LogP contribution in [-0.2, 0) is 14.8 Å². The Bertz CT molecular complexity index is 339. The molecule has 0 aliphatic carbocycles. The lowest BCUT2D eigenvalue weighted by molar-refractivity contribution is 0.0300. The van der Waals surface area contributed by atoms with Gasteiger partial charge >= 0.3 is 0 Å². The average molecular weight is 276 g/mol. The molecule has 0 atom stereocenters. The Labute approximate surface area is 110 Å². The van der Waals surface area contributed by atoms with Crippen molar-refractivity contribution in [2.45, 2.75) is 38.2 Å². The van der Waals surface area contributed by atoms with E-state index in [-0.39, 0.29) is 0 Å². The first-order valence-electron chi connectivity index (χ1n) is 6.99. The van der Waals surface area contributed by atoms with Crippen LogP contribution in [0.25, 0.3) is 0 Å². The van der Waals surface area contributed by atoms with Crippen molar-refractivity contribution in [2.24, 2.45) is 0 Å². The summed E-state index contributed by atoms with van der Waals surface area (Å²) in [4.78, 5) is 0. The topological polar surface area (TPSA) is 58.6 Å². The average Bonchev–Trinajstić information content (AvgIpc) is 2.37. The minimum Gasteiger partial charge on any atom is -0.378 e. The zero-order valence-electron chi connectivity index (χ0n) is 10.9. The number of nitrogens with zero attached hydrogens (tertiary/aromatic N) is 1. The molecule has 0 aromatic heterocycles. The summed E-state index contributed by atoms with van der Waals surface area (Å²) in [6, 6.07) is 0. The van der Waals surface area contributed by atoms with Gasteiger partial charge in [0.05, 0.1) is 11.9 Å². The van der Waals surface area contributed by atoms with Gasteiger partial charge in [-0.3, -0.25) is 0 Å². The zero-order valence-corrected chi connectivity index (χ0v) is 11.8. The van der Waals surface area contributed by atoms with E-state index in [1.165, 1.54) is 0 Å². The van der Waals surface area contributed by atoms with Gasteiger partial charge < -0.3 is 10.1 Å². The molecule has 106 valence electrons. The minimum absolute atomic E-state index is 0.322. The van der Waals surface area contributed by atoms with Crippen LogP contribution in [0.3, 0.4) is 0 Å². The molecule has 2 heterocycles. The van der Waals surface area contributed by atoms with Gasteiger partial charge in [0.25, 0.3) is 0 Å². The fourth-order valence-corrected chi connectivity index (χ4v) is 4.19. The standard InChI is InChI=1S/C12H24N2O3S/c15-18(16)11-2-1-8-14(18)9-3-10-17-12-4-6-13-7-5-12/h12-13H,1-11H2. The number of nitrogens with one attached hydrogen (secondary N) is 1. The van der Waals surface area contributed by atoms with Crippen LogP contribution in [0.2, 0.25) is 0 Å². The van der Waals surface area contributed by atoms with E-state index in [2.05, 4.69) is 5.32 Å². The fourth-order valence-electron chi connectivity index (χ4n) is 2.54. The zero-order chi connectivity index (χ0) is 12.8. The number of hydrogen-bond acceptors (Lipinski definition) is 4. The summed E-state index contributed by atoms with van der Waals surface area (Å²) in [6.07, 6.45) is 5.12. The second kappa shape index (κ2) is 6.84. The minimum atomic E-state index is -2.96. The molecule has 0 aromatic carbocycles. The maximum absolute atomic E-state index is 11.8. The first-order chi connectivity index (χ1) is 8.68. The number of rotatable bonds is 5. The lowest BCUT2D eigenvalue weighted by atomic mass is 10.1. The molecule has 6 heteroatoms. The van der Waals surface area contributed by atoms with E-state index >= 15 is 0 Å². The smallest absolute Gasteiger partial charge is 0.214 e. The third-order valence-corrected chi connectivity index (χ3v) is 5.60. The molecule has 0 amide bonds. The summed E-state index contributed by atoms with van der Waals surface area (Å²) in [6.45, 7) is 4.05. The highest BCUT2D eigenvalue weighted by molar-refractivity contribution is 7.89. The molecule has 0 radical (unpaired) electrons. The molecule has 0 aromatic rings. The highest BCUT2D eigenvalue weighted by Gasteiger charge is 2.25. The Morgan fingerprint density at radius 3 is 2.72 bits per heavy atom. The second-order valence-electron chi connectivity index (χ2n) is 5.10. The molecule has 2 aliphatic rings. The summed E-state index contributed by atoms with van der Waals surface area (Å²) in [5.41, 5.74) is 0. The third kappa shape index (κ3) is 4.19. The van der Waals surface area contributed by atoms with Crippen LogP contribution in [-0.4, -0.2) is 57.4 Å². The molecule has 0 bridgehead atoms. The van der Waals surface area contributed by atoms with Crippen LogP contribution in [0.1, 0.15) is 32.1 Å². The molecule has 2 saturated heterocycles. The highest BCUT2D eigenvalue weighted by Crippen LogP contribution is 2.14. The molecular weight excluding hydrogens is 252 g/mol. The normalized spacial score (nSPS) is 26.2. The quantitative estimate of drug-likeness (QED) is 0.746. The van der Waals surface area contributed by atoms with E-state index in [0.29, 0.717) is 31.6 Å². The van der Waals surface area contributed by atoms with Crippen molar-refractivity contribution >= 4 is 10.0 Å². The van der Waals surface area contributed by atoms with Crippen molar-refractivity contribution in [1.29, 1.82) is 0 Å². The third-order valence-electron chi connectivity index (χ3n) is 3.64. The molecule has 2 aliphatic heterocycles. The van der Waals surface area contributed by atoms with Crippen molar-refractivity contribution in [3.8, 4) is 0 Å². The molecule has 18 heavy (non-hydrogen) atoms. The van der Waals surface area contributed by atoms with E-state index in [1.54, 1.807) is 4.31 Å². The van der Waals surface area contributed by atoms with Gasteiger partial charge in [-0.15, -0.1) is 0 Å². The van der Waals surface area contributed by atoms with Crippen LogP contribution in [0.4, 0.5) is 0 Å². The van der Waals surface area contributed by atoms with Gasteiger partial charge in [-0.05, 0) is 45.2 Å². The van der Waals surface area contributed by atoms with E-state index in [0.717, 1.165) is 45.2 Å². The summed E-state index contributed by atoms with van der Waals surface area (Å²) in [7, 11) is -2.96. The van der Waals surface area contributed by atoms with Crippen molar-refractivity contribution in [2.75, 3.05) is 38.5 Å². The lowest BCUT2D eigenvalue weighted by Crippen LogP contribution is -2.39. The van der Waals surface area contributed by atoms with Gasteiger partial charge in [-0.25, -0.2) is 12.7 Å². The van der Waals surface area contributed by atoms with Gasteiger partial charge in [0.15, 0.2) is 0 Å². The van der Waals surface area contributed by atoms with Gasteiger partial charge in [0.2, 0.25) is 10.0 Å². The number of sulfonamides is 1. The van der Waals surface area contributed by atoms with Crippen LogP contribution >= 0.6 is 0 Å². The van der Waals surface area contributed by atoms with Crippen molar-refractivity contribution in [1.82, 2.24) is 9.62 Å². The molecule has 2 rings (SSSR count). The largest absolute Gasteiger partial charge is 0.378 e. The lowest BCUT2D eigenvalue weighted by Gasteiger charge is -2.27. The van der Waals surface area contributed by atoms with Crippen LogP contribution < -0.4 is 5.32 Å². The van der Waals surface area contributed by atoms with Crippen LogP contribution in [0.5, 0.6) is 0 Å².